The van der Waals surface area contributed by atoms with E-state index < -0.39 is 11.7 Å². The molecule has 0 bridgehead atoms. The summed E-state index contributed by atoms with van der Waals surface area (Å²) in [5, 5.41) is 14.3. The Kier molecular flexibility index (Phi) is 3.46. The molecule has 0 saturated carbocycles. The highest BCUT2D eigenvalue weighted by molar-refractivity contribution is 5.94. The van der Waals surface area contributed by atoms with E-state index >= 15 is 0 Å². The van der Waals surface area contributed by atoms with Crippen LogP contribution < -0.4 is 0 Å². The fraction of sp³-hybridized carbons (Fsp3) is 0.750. The van der Waals surface area contributed by atoms with Gasteiger partial charge in [-0.05, 0) is 38.5 Å². The van der Waals surface area contributed by atoms with Crippen molar-refractivity contribution in [3.05, 3.63) is 17.0 Å². The number of aryl methyl sites for hydroxylation is 1. The second kappa shape index (κ2) is 5.35. The van der Waals surface area contributed by atoms with Crippen LogP contribution in [-0.4, -0.2) is 52.5 Å². The van der Waals surface area contributed by atoms with E-state index in [1.807, 2.05) is 0 Å². The number of nitrogens with zero attached hydrogens (tertiary/aromatic N) is 2. The molecule has 1 aromatic heterocycles. The van der Waals surface area contributed by atoms with Crippen LogP contribution in [0.1, 0.15) is 53.9 Å². The molecule has 2 aliphatic heterocycles. The summed E-state index contributed by atoms with van der Waals surface area (Å²) < 4.78 is 11.2. The van der Waals surface area contributed by atoms with Crippen LogP contribution in [0.25, 0.3) is 0 Å². The Morgan fingerprint density at radius 2 is 2.18 bits per heavy atom. The number of hydrogen-bond acceptors (Lipinski definition) is 5. The van der Waals surface area contributed by atoms with Crippen molar-refractivity contribution < 1.29 is 19.2 Å². The van der Waals surface area contributed by atoms with Gasteiger partial charge in [0.2, 0.25) is 0 Å². The zero-order valence-electron chi connectivity index (χ0n) is 12.7. The number of rotatable bonds is 1. The first-order chi connectivity index (χ1) is 10.7. The van der Waals surface area contributed by atoms with Crippen molar-refractivity contribution in [2.75, 3.05) is 19.7 Å². The number of likely N-dealkylation sites (tertiary alicyclic amines) is 1. The highest BCUT2D eigenvalue weighted by Crippen LogP contribution is 2.35. The van der Waals surface area contributed by atoms with Gasteiger partial charge in [-0.1, -0.05) is 5.16 Å². The molecular weight excluding hydrogens is 284 g/mol. The molecule has 2 saturated heterocycles. The third kappa shape index (κ3) is 2.16. The van der Waals surface area contributed by atoms with Crippen LogP contribution in [0, 0.1) is 0 Å². The average molecular weight is 306 g/mol. The highest BCUT2D eigenvalue weighted by Gasteiger charge is 2.47. The largest absolute Gasteiger partial charge is 0.390 e. The molecular formula is C16H22N2O4. The lowest BCUT2D eigenvalue weighted by atomic mass is 9.86. The van der Waals surface area contributed by atoms with Crippen LogP contribution in [-0.2, 0) is 17.6 Å². The molecule has 3 aliphatic rings. The van der Waals surface area contributed by atoms with Crippen molar-refractivity contribution >= 4 is 5.91 Å². The smallest absolute Gasteiger partial charge is 0.276 e. The topological polar surface area (TPSA) is 75.8 Å². The zero-order valence-corrected chi connectivity index (χ0v) is 12.7. The standard InChI is InChI=1S/C16H22N2O4/c19-13-6-8-18(10-16(13)7-3-9-21-16)15(20)14-11-4-1-2-5-12(11)22-17-14/h13,19H,1-10H2/t13-,16-/m0/s1. The van der Waals surface area contributed by atoms with Crippen LogP contribution in [0.15, 0.2) is 4.52 Å². The number of aromatic nitrogens is 1. The molecule has 2 fully saturated rings. The van der Waals surface area contributed by atoms with E-state index in [1.165, 1.54) is 0 Å². The highest BCUT2D eigenvalue weighted by atomic mass is 16.5. The monoisotopic (exact) mass is 306 g/mol. The summed E-state index contributed by atoms with van der Waals surface area (Å²) >= 11 is 0. The molecule has 0 unspecified atom stereocenters. The van der Waals surface area contributed by atoms with Gasteiger partial charge in [-0.2, -0.15) is 0 Å². The van der Waals surface area contributed by atoms with Gasteiger partial charge in [-0.15, -0.1) is 0 Å². The van der Waals surface area contributed by atoms with Crippen molar-refractivity contribution in [2.24, 2.45) is 0 Å². The van der Waals surface area contributed by atoms with Crippen molar-refractivity contribution in [3.8, 4) is 0 Å². The van der Waals surface area contributed by atoms with Gasteiger partial charge in [0.1, 0.15) is 11.4 Å². The molecule has 3 heterocycles. The van der Waals surface area contributed by atoms with E-state index in [9.17, 15) is 9.90 Å². The summed E-state index contributed by atoms with van der Waals surface area (Å²) in [5.74, 6) is 0.798. The van der Waals surface area contributed by atoms with Crippen molar-refractivity contribution in [1.82, 2.24) is 10.1 Å². The lowest BCUT2D eigenvalue weighted by Crippen LogP contribution is -2.58. The van der Waals surface area contributed by atoms with Crippen LogP contribution in [0.5, 0.6) is 0 Å². The first-order valence-corrected chi connectivity index (χ1v) is 8.28. The van der Waals surface area contributed by atoms with E-state index in [-0.39, 0.29) is 5.91 Å². The molecule has 22 heavy (non-hydrogen) atoms. The first-order valence-electron chi connectivity index (χ1n) is 8.28. The molecule has 6 nitrogen and oxygen atoms in total. The molecule has 1 spiro atoms. The fourth-order valence-corrected chi connectivity index (χ4v) is 4.03. The summed E-state index contributed by atoms with van der Waals surface area (Å²) in [6, 6.07) is 0. The number of aliphatic hydroxyl groups is 1. The molecule has 1 aromatic rings. The van der Waals surface area contributed by atoms with E-state index in [1.54, 1.807) is 4.90 Å². The van der Waals surface area contributed by atoms with E-state index in [0.717, 1.165) is 49.8 Å². The number of piperidine rings is 1. The second-order valence-electron chi connectivity index (χ2n) is 6.69. The Hall–Kier alpha value is -1.40. The van der Waals surface area contributed by atoms with Gasteiger partial charge in [0.25, 0.3) is 5.91 Å². The third-order valence-corrected chi connectivity index (χ3v) is 5.31. The Balaban J connectivity index is 1.57. The van der Waals surface area contributed by atoms with Gasteiger partial charge < -0.3 is 19.3 Å². The Morgan fingerprint density at radius 3 is 3.00 bits per heavy atom. The summed E-state index contributed by atoms with van der Waals surface area (Å²) in [5.41, 5.74) is 0.889. The van der Waals surface area contributed by atoms with Gasteiger partial charge in [0.15, 0.2) is 5.69 Å². The predicted octanol–water partition coefficient (Wildman–Crippen LogP) is 1.31. The molecule has 2 atom stereocenters. The van der Waals surface area contributed by atoms with E-state index in [0.29, 0.717) is 31.8 Å². The molecule has 1 amide bonds. The third-order valence-electron chi connectivity index (χ3n) is 5.31. The van der Waals surface area contributed by atoms with Crippen LogP contribution in [0.4, 0.5) is 0 Å². The van der Waals surface area contributed by atoms with Crippen molar-refractivity contribution in [1.29, 1.82) is 0 Å². The van der Waals surface area contributed by atoms with Gasteiger partial charge in [-0.3, -0.25) is 4.79 Å². The quantitative estimate of drug-likeness (QED) is 0.846. The number of fused-ring (bicyclic) bond motifs is 1. The van der Waals surface area contributed by atoms with Gasteiger partial charge >= 0.3 is 0 Å². The van der Waals surface area contributed by atoms with Gasteiger partial charge in [0.05, 0.1) is 12.6 Å². The predicted molar refractivity (Wildman–Crippen MR) is 77.6 cm³/mol. The lowest BCUT2D eigenvalue weighted by Gasteiger charge is -2.43. The van der Waals surface area contributed by atoms with Crippen LogP contribution >= 0.6 is 0 Å². The maximum absolute atomic E-state index is 12.8. The summed E-state index contributed by atoms with van der Waals surface area (Å²) in [6.45, 7) is 1.67. The Bertz CT molecular complexity index is 577. The summed E-state index contributed by atoms with van der Waals surface area (Å²) in [7, 11) is 0. The fourth-order valence-electron chi connectivity index (χ4n) is 4.03. The SMILES string of the molecule is O=C(c1noc2c1CCCC2)N1CC[C@H](O)[C@]2(CCCO2)C1. The average Bonchev–Trinajstić information content (AvgIpc) is 3.17. The molecule has 6 heteroatoms. The van der Waals surface area contributed by atoms with Gasteiger partial charge in [0, 0.05) is 25.1 Å². The Labute approximate surface area is 129 Å². The number of carbonyl (C=O) groups is 1. The minimum atomic E-state index is -0.572. The molecule has 4 rings (SSSR count). The number of carbonyl (C=O) groups excluding carboxylic acids is 1. The van der Waals surface area contributed by atoms with Crippen molar-refractivity contribution in [3.63, 3.8) is 0 Å². The molecule has 1 N–H and O–H groups in total. The normalized spacial score (nSPS) is 31.5. The molecule has 0 radical (unpaired) electrons. The summed E-state index contributed by atoms with van der Waals surface area (Å²) in [4.78, 5) is 14.6. The maximum atomic E-state index is 12.8. The number of aliphatic hydroxyl groups excluding tert-OH is 1. The molecule has 120 valence electrons. The number of ether oxygens (including phenoxy) is 1. The number of amides is 1. The lowest BCUT2D eigenvalue weighted by molar-refractivity contribution is -0.124. The van der Waals surface area contributed by atoms with E-state index in [2.05, 4.69) is 5.16 Å². The molecule has 0 aromatic carbocycles. The minimum absolute atomic E-state index is 0.0753. The maximum Gasteiger partial charge on any atom is 0.276 e. The zero-order chi connectivity index (χ0) is 15.2. The summed E-state index contributed by atoms with van der Waals surface area (Å²) in [6.07, 6.45) is 5.77. The number of hydrogen-bond donors (Lipinski definition) is 1. The Morgan fingerprint density at radius 1 is 1.32 bits per heavy atom. The molecule has 1 aliphatic carbocycles. The first kappa shape index (κ1) is 14.2. The van der Waals surface area contributed by atoms with Crippen molar-refractivity contribution in [2.45, 2.75) is 56.7 Å². The second-order valence-corrected chi connectivity index (χ2v) is 6.69. The van der Waals surface area contributed by atoms with E-state index in [4.69, 9.17) is 9.26 Å². The van der Waals surface area contributed by atoms with Gasteiger partial charge in [-0.25, -0.2) is 0 Å². The minimum Gasteiger partial charge on any atom is -0.390 e. The van der Waals surface area contributed by atoms with Crippen LogP contribution in [0.2, 0.25) is 0 Å². The van der Waals surface area contributed by atoms with Crippen LogP contribution in [0.3, 0.4) is 0 Å².